The number of anilines is 1. The van der Waals surface area contributed by atoms with Gasteiger partial charge in [0.15, 0.2) is 0 Å². The van der Waals surface area contributed by atoms with Crippen LogP contribution in [0.3, 0.4) is 0 Å². The van der Waals surface area contributed by atoms with Crippen molar-refractivity contribution in [2.24, 2.45) is 5.73 Å². The number of nitrogens with two attached hydrogens (primary N) is 2. The van der Waals surface area contributed by atoms with Gasteiger partial charge in [-0.1, -0.05) is 28.1 Å². The Balaban J connectivity index is 2.57. The van der Waals surface area contributed by atoms with Crippen LogP contribution in [0.25, 0.3) is 10.4 Å². The summed E-state index contributed by atoms with van der Waals surface area (Å²) in [4.78, 5) is 12.3. The van der Waals surface area contributed by atoms with Gasteiger partial charge in [0.05, 0.1) is 10.6 Å². The molecule has 0 saturated carbocycles. The van der Waals surface area contributed by atoms with E-state index >= 15 is 0 Å². The van der Waals surface area contributed by atoms with E-state index in [9.17, 15) is 4.79 Å². The zero-order valence-electron chi connectivity index (χ0n) is 9.16. The van der Waals surface area contributed by atoms with Gasteiger partial charge in [0.2, 0.25) is 0 Å². The molecule has 88 valence electrons. The van der Waals surface area contributed by atoms with Gasteiger partial charge in [0, 0.05) is 9.35 Å². The number of nitrogen functional groups attached to an aromatic ring is 1. The number of carbonyl (C=O) groups is 1. The van der Waals surface area contributed by atoms with Gasteiger partial charge >= 0.3 is 0 Å². The highest BCUT2D eigenvalue weighted by Crippen LogP contribution is 2.38. The summed E-state index contributed by atoms with van der Waals surface area (Å²) in [6.07, 6.45) is 0. The molecule has 4 N–H and O–H groups in total. The first-order valence-corrected chi connectivity index (χ1v) is 6.56. The SMILES string of the molecule is Cc1c(-c2ccc(Br)cc2)sc(N)c1C(N)=O. The predicted molar refractivity (Wildman–Crippen MR) is 75.1 cm³/mol. The van der Waals surface area contributed by atoms with Crippen molar-refractivity contribution in [1.29, 1.82) is 0 Å². The van der Waals surface area contributed by atoms with Crippen LogP contribution in [0.1, 0.15) is 15.9 Å². The fraction of sp³-hybridized carbons (Fsp3) is 0.0833. The molecule has 1 aromatic carbocycles. The third-order valence-electron chi connectivity index (χ3n) is 2.53. The Morgan fingerprint density at radius 3 is 2.35 bits per heavy atom. The Morgan fingerprint density at radius 2 is 1.88 bits per heavy atom. The van der Waals surface area contributed by atoms with Gasteiger partial charge < -0.3 is 11.5 Å². The Labute approximate surface area is 112 Å². The quantitative estimate of drug-likeness (QED) is 0.894. The number of halogens is 1. The van der Waals surface area contributed by atoms with Crippen LogP contribution in [0.4, 0.5) is 5.00 Å². The molecule has 0 spiro atoms. The molecule has 0 radical (unpaired) electrons. The molecule has 0 aliphatic carbocycles. The van der Waals surface area contributed by atoms with Crippen molar-refractivity contribution < 1.29 is 4.79 Å². The summed E-state index contributed by atoms with van der Waals surface area (Å²) in [5.74, 6) is -0.473. The molecule has 5 heteroatoms. The molecule has 2 rings (SSSR count). The maximum atomic E-state index is 11.3. The van der Waals surface area contributed by atoms with E-state index in [1.165, 1.54) is 11.3 Å². The first-order valence-electron chi connectivity index (χ1n) is 4.95. The third-order valence-corrected chi connectivity index (χ3v) is 4.23. The molecule has 17 heavy (non-hydrogen) atoms. The predicted octanol–water partition coefficient (Wildman–Crippen LogP) is 3.17. The van der Waals surface area contributed by atoms with Crippen LogP contribution in [0.5, 0.6) is 0 Å². The van der Waals surface area contributed by atoms with Gasteiger partial charge in [-0.05, 0) is 30.2 Å². The Bertz CT molecular complexity index is 575. The van der Waals surface area contributed by atoms with Crippen molar-refractivity contribution in [3.8, 4) is 10.4 Å². The Morgan fingerprint density at radius 1 is 1.29 bits per heavy atom. The fourth-order valence-electron chi connectivity index (χ4n) is 1.72. The van der Waals surface area contributed by atoms with E-state index in [1.807, 2.05) is 31.2 Å². The van der Waals surface area contributed by atoms with E-state index in [-0.39, 0.29) is 0 Å². The van der Waals surface area contributed by atoms with Crippen molar-refractivity contribution in [3.05, 3.63) is 39.9 Å². The van der Waals surface area contributed by atoms with Crippen molar-refractivity contribution in [3.63, 3.8) is 0 Å². The van der Waals surface area contributed by atoms with Crippen LogP contribution in [-0.4, -0.2) is 5.91 Å². The van der Waals surface area contributed by atoms with Crippen LogP contribution in [0.15, 0.2) is 28.7 Å². The molecule has 3 nitrogen and oxygen atoms in total. The van der Waals surface area contributed by atoms with Crippen LogP contribution < -0.4 is 11.5 Å². The van der Waals surface area contributed by atoms with Gasteiger partial charge in [0.1, 0.15) is 0 Å². The maximum absolute atomic E-state index is 11.3. The van der Waals surface area contributed by atoms with E-state index in [4.69, 9.17) is 11.5 Å². The largest absolute Gasteiger partial charge is 0.390 e. The molecule has 0 fully saturated rings. The normalized spacial score (nSPS) is 10.5. The minimum atomic E-state index is -0.473. The van der Waals surface area contributed by atoms with Crippen LogP contribution in [0.2, 0.25) is 0 Å². The average Bonchev–Trinajstić information content (AvgIpc) is 2.55. The number of rotatable bonds is 2. The van der Waals surface area contributed by atoms with Crippen LogP contribution >= 0.6 is 27.3 Å². The molecule has 1 aromatic heterocycles. The summed E-state index contributed by atoms with van der Waals surface area (Å²) < 4.78 is 1.01. The van der Waals surface area contributed by atoms with Crippen LogP contribution in [0, 0.1) is 6.92 Å². The molecule has 0 bridgehead atoms. The molecule has 1 heterocycles. The van der Waals surface area contributed by atoms with Crippen molar-refractivity contribution >= 4 is 38.2 Å². The Hall–Kier alpha value is -1.33. The molecule has 0 unspecified atom stereocenters. The fourth-order valence-corrected chi connectivity index (χ4v) is 3.07. The first-order chi connectivity index (χ1) is 8.00. The summed E-state index contributed by atoms with van der Waals surface area (Å²) in [6, 6.07) is 7.86. The van der Waals surface area contributed by atoms with E-state index < -0.39 is 5.91 Å². The molecule has 0 aliphatic rings. The molecule has 0 atom stereocenters. The smallest absolute Gasteiger partial charge is 0.251 e. The molecular formula is C12H11BrN2OS. The van der Waals surface area contributed by atoms with E-state index in [1.54, 1.807) is 0 Å². The second-order valence-corrected chi connectivity index (χ2v) is 5.63. The summed E-state index contributed by atoms with van der Waals surface area (Å²) in [7, 11) is 0. The van der Waals surface area contributed by atoms with Crippen LogP contribution in [-0.2, 0) is 0 Å². The topological polar surface area (TPSA) is 69.1 Å². The lowest BCUT2D eigenvalue weighted by Gasteiger charge is -2.00. The first kappa shape index (κ1) is 12.1. The zero-order chi connectivity index (χ0) is 12.6. The highest BCUT2D eigenvalue weighted by molar-refractivity contribution is 9.10. The second-order valence-electron chi connectivity index (χ2n) is 3.67. The third kappa shape index (κ3) is 2.21. The summed E-state index contributed by atoms with van der Waals surface area (Å²) >= 11 is 4.77. The average molecular weight is 311 g/mol. The number of benzene rings is 1. The molecule has 0 saturated heterocycles. The zero-order valence-corrected chi connectivity index (χ0v) is 11.6. The number of hydrogen-bond acceptors (Lipinski definition) is 3. The van der Waals surface area contributed by atoms with Crippen molar-refractivity contribution in [2.45, 2.75) is 6.92 Å². The standard InChI is InChI=1S/C12H11BrN2OS/c1-6-9(11(14)16)12(15)17-10(6)7-2-4-8(13)5-3-7/h2-5H,15H2,1H3,(H2,14,16). The van der Waals surface area contributed by atoms with Gasteiger partial charge in [-0.2, -0.15) is 0 Å². The highest BCUT2D eigenvalue weighted by Gasteiger charge is 2.17. The van der Waals surface area contributed by atoms with Gasteiger partial charge in [-0.3, -0.25) is 4.79 Å². The van der Waals surface area contributed by atoms with E-state index in [0.717, 1.165) is 20.5 Å². The summed E-state index contributed by atoms with van der Waals surface area (Å²) in [5.41, 5.74) is 13.5. The number of hydrogen-bond donors (Lipinski definition) is 2. The number of carbonyl (C=O) groups excluding carboxylic acids is 1. The number of primary amides is 1. The van der Waals surface area contributed by atoms with Gasteiger partial charge in [-0.25, -0.2) is 0 Å². The molecule has 0 aliphatic heterocycles. The molecule has 1 amide bonds. The van der Waals surface area contributed by atoms with Crippen molar-refractivity contribution in [1.82, 2.24) is 0 Å². The van der Waals surface area contributed by atoms with Gasteiger partial charge in [-0.15, -0.1) is 11.3 Å². The monoisotopic (exact) mass is 310 g/mol. The lowest BCUT2D eigenvalue weighted by atomic mass is 10.1. The molecule has 2 aromatic rings. The van der Waals surface area contributed by atoms with E-state index in [2.05, 4.69) is 15.9 Å². The number of amides is 1. The molecular weight excluding hydrogens is 300 g/mol. The second kappa shape index (κ2) is 4.50. The van der Waals surface area contributed by atoms with E-state index in [0.29, 0.717) is 10.6 Å². The summed E-state index contributed by atoms with van der Waals surface area (Å²) in [6.45, 7) is 1.87. The highest BCUT2D eigenvalue weighted by atomic mass is 79.9. The van der Waals surface area contributed by atoms with Gasteiger partial charge in [0.25, 0.3) is 5.91 Å². The maximum Gasteiger partial charge on any atom is 0.251 e. The minimum absolute atomic E-state index is 0.438. The lowest BCUT2D eigenvalue weighted by molar-refractivity contribution is 0.100. The number of thiophene rings is 1. The minimum Gasteiger partial charge on any atom is -0.390 e. The summed E-state index contributed by atoms with van der Waals surface area (Å²) in [5, 5.41) is 0.480. The van der Waals surface area contributed by atoms with Crippen molar-refractivity contribution in [2.75, 3.05) is 5.73 Å². The lowest BCUT2D eigenvalue weighted by Crippen LogP contribution is -2.13. The Kier molecular flexibility index (Phi) is 3.22.